The van der Waals surface area contributed by atoms with Crippen LogP contribution in [-0.4, -0.2) is 6.54 Å². The summed E-state index contributed by atoms with van der Waals surface area (Å²) in [5.74, 6) is 0. The highest BCUT2D eigenvalue weighted by Gasteiger charge is 2.07. The van der Waals surface area contributed by atoms with Gasteiger partial charge in [0.05, 0.1) is 10.0 Å². The van der Waals surface area contributed by atoms with Crippen LogP contribution in [0.15, 0.2) is 46.2 Å². The van der Waals surface area contributed by atoms with Crippen LogP contribution in [0, 0.1) is 0 Å². The van der Waals surface area contributed by atoms with E-state index in [1.165, 1.54) is 5.56 Å². The van der Waals surface area contributed by atoms with Gasteiger partial charge in [-0.3, -0.25) is 0 Å². The molecule has 0 aliphatic rings. The van der Waals surface area contributed by atoms with Gasteiger partial charge in [0.25, 0.3) is 0 Å². The van der Waals surface area contributed by atoms with E-state index in [2.05, 4.69) is 12.2 Å². The molecule has 1 N–H and O–H groups in total. The van der Waals surface area contributed by atoms with E-state index in [0.717, 1.165) is 27.9 Å². The molecular weight excluding hydrogens is 333 g/mol. The van der Waals surface area contributed by atoms with E-state index in [1.807, 2.05) is 30.3 Å². The van der Waals surface area contributed by atoms with Crippen molar-refractivity contribution < 1.29 is 0 Å². The van der Waals surface area contributed by atoms with Gasteiger partial charge in [-0.1, -0.05) is 59.6 Å². The number of hydrogen-bond acceptors (Lipinski definition) is 2. The van der Waals surface area contributed by atoms with E-state index in [4.69, 9.17) is 34.8 Å². The minimum Gasteiger partial charge on any atom is -0.313 e. The Morgan fingerprint density at radius 2 is 1.80 bits per heavy atom. The molecule has 0 fully saturated rings. The molecule has 2 aromatic carbocycles. The molecule has 2 rings (SSSR count). The SMILES string of the molecule is CCNCc1ccc(Cl)cc1Sc1ccc(Cl)c(Cl)c1. The third kappa shape index (κ3) is 4.31. The monoisotopic (exact) mass is 345 g/mol. The lowest BCUT2D eigenvalue weighted by atomic mass is 10.2. The first-order chi connectivity index (χ1) is 9.60. The van der Waals surface area contributed by atoms with E-state index in [9.17, 15) is 0 Å². The van der Waals surface area contributed by atoms with E-state index >= 15 is 0 Å². The zero-order valence-electron chi connectivity index (χ0n) is 10.9. The van der Waals surface area contributed by atoms with Gasteiger partial charge in [0, 0.05) is 21.4 Å². The molecule has 0 heterocycles. The zero-order valence-corrected chi connectivity index (χ0v) is 14.0. The minimum absolute atomic E-state index is 0.562. The first-order valence-corrected chi connectivity index (χ1v) is 8.17. The third-order valence-corrected chi connectivity index (χ3v) is 4.78. The summed E-state index contributed by atoms with van der Waals surface area (Å²) in [5, 5.41) is 5.18. The van der Waals surface area contributed by atoms with E-state index < -0.39 is 0 Å². The molecule has 0 aliphatic carbocycles. The highest BCUT2D eigenvalue weighted by molar-refractivity contribution is 7.99. The van der Waals surface area contributed by atoms with Crippen LogP contribution in [-0.2, 0) is 6.54 Å². The van der Waals surface area contributed by atoms with Crippen molar-refractivity contribution >= 4 is 46.6 Å². The average molecular weight is 347 g/mol. The van der Waals surface area contributed by atoms with E-state index in [1.54, 1.807) is 17.8 Å². The van der Waals surface area contributed by atoms with Gasteiger partial charge >= 0.3 is 0 Å². The molecule has 0 amide bonds. The number of rotatable bonds is 5. The fourth-order valence-corrected chi connectivity index (χ4v) is 3.32. The number of benzene rings is 2. The summed E-state index contributed by atoms with van der Waals surface area (Å²) in [4.78, 5) is 2.16. The van der Waals surface area contributed by atoms with Crippen molar-refractivity contribution in [1.82, 2.24) is 5.32 Å². The Balaban J connectivity index is 2.26. The lowest BCUT2D eigenvalue weighted by molar-refractivity contribution is 0.718. The first kappa shape index (κ1) is 16.0. The smallest absolute Gasteiger partial charge is 0.0603 e. The van der Waals surface area contributed by atoms with Crippen molar-refractivity contribution in [1.29, 1.82) is 0 Å². The van der Waals surface area contributed by atoms with E-state index in [0.29, 0.717) is 10.0 Å². The topological polar surface area (TPSA) is 12.0 Å². The Morgan fingerprint density at radius 3 is 2.50 bits per heavy atom. The van der Waals surface area contributed by atoms with Crippen LogP contribution in [0.25, 0.3) is 0 Å². The largest absolute Gasteiger partial charge is 0.313 e. The second-order valence-electron chi connectivity index (χ2n) is 4.21. The fraction of sp³-hybridized carbons (Fsp3) is 0.200. The number of halogens is 3. The lowest BCUT2D eigenvalue weighted by Crippen LogP contribution is -2.12. The summed E-state index contributed by atoms with van der Waals surface area (Å²) in [7, 11) is 0. The molecule has 0 radical (unpaired) electrons. The van der Waals surface area contributed by atoms with Gasteiger partial charge in [0.15, 0.2) is 0 Å². The Morgan fingerprint density at radius 1 is 1.00 bits per heavy atom. The summed E-state index contributed by atoms with van der Waals surface area (Å²) in [6.45, 7) is 3.83. The van der Waals surface area contributed by atoms with Crippen LogP contribution in [0.3, 0.4) is 0 Å². The molecule has 0 bridgehead atoms. The van der Waals surface area contributed by atoms with Crippen molar-refractivity contribution in [2.45, 2.75) is 23.3 Å². The Bertz CT molecular complexity index is 602. The van der Waals surface area contributed by atoms with Gasteiger partial charge < -0.3 is 5.32 Å². The summed E-state index contributed by atoms with van der Waals surface area (Å²) >= 11 is 19.7. The molecule has 2 aromatic rings. The molecule has 0 aliphatic heterocycles. The lowest BCUT2D eigenvalue weighted by Gasteiger charge is -2.11. The van der Waals surface area contributed by atoms with Crippen LogP contribution in [0.1, 0.15) is 12.5 Å². The summed E-state index contributed by atoms with van der Waals surface area (Å²) in [6, 6.07) is 11.6. The average Bonchev–Trinajstić information content (AvgIpc) is 2.42. The summed E-state index contributed by atoms with van der Waals surface area (Å²) in [6.07, 6.45) is 0. The number of hydrogen-bond donors (Lipinski definition) is 1. The van der Waals surface area contributed by atoms with Gasteiger partial charge in [0.2, 0.25) is 0 Å². The molecule has 5 heteroatoms. The number of nitrogens with one attached hydrogen (secondary N) is 1. The van der Waals surface area contributed by atoms with Crippen LogP contribution >= 0.6 is 46.6 Å². The van der Waals surface area contributed by atoms with Gasteiger partial charge in [-0.25, -0.2) is 0 Å². The van der Waals surface area contributed by atoms with Crippen LogP contribution < -0.4 is 5.32 Å². The zero-order chi connectivity index (χ0) is 14.5. The first-order valence-electron chi connectivity index (χ1n) is 6.22. The standard InChI is InChI=1S/C15H14Cl3NS/c1-2-19-9-10-3-4-11(16)7-15(10)20-12-5-6-13(17)14(18)8-12/h3-8,19H,2,9H2,1H3. The van der Waals surface area contributed by atoms with Crippen molar-refractivity contribution in [2.75, 3.05) is 6.54 Å². The Hall–Kier alpha value is -0.380. The predicted octanol–water partition coefficient (Wildman–Crippen LogP) is 5.91. The maximum Gasteiger partial charge on any atom is 0.0603 e. The summed E-state index contributed by atoms with van der Waals surface area (Å²) in [5.41, 5.74) is 1.22. The van der Waals surface area contributed by atoms with Crippen LogP contribution in [0.4, 0.5) is 0 Å². The highest BCUT2D eigenvalue weighted by atomic mass is 35.5. The van der Waals surface area contributed by atoms with Crippen molar-refractivity contribution in [3.63, 3.8) is 0 Å². The molecule has 0 spiro atoms. The molecule has 0 unspecified atom stereocenters. The quantitative estimate of drug-likeness (QED) is 0.722. The van der Waals surface area contributed by atoms with Crippen LogP contribution in [0.2, 0.25) is 15.1 Å². The second-order valence-corrected chi connectivity index (χ2v) is 6.58. The second kappa shape index (κ2) is 7.58. The molecule has 0 atom stereocenters. The van der Waals surface area contributed by atoms with Crippen molar-refractivity contribution in [3.8, 4) is 0 Å². The molecule has 0 aromatic heterocycles. The van der Waals surface area contributed by atoms with Gasteiger partial charge in [0.1, 0.15) is 0 Å². The molecular formula is C15H14Cl3NS. The van der Waals surface area contributed by atoms with Gasteiger partial charge in [-0.2, -0.15) is 0 Å². The Labute approximate surface area is 138 Å². The summed E-state index contributed by atoms with van der Waals surface area (Å²) < 4.78 is 0. The van der Waals surface area contributed by atoms with E-state index in [-0.39, 0.29) is 0 Å². The maximum absolute atomic E-state index is 6.09. The molecule has 1 nitrogen and oxygen atoms in total. The highest BCUT2D eigenvalue weighted by Crippen LogP contribution is 2.35. The fourth-order valence-electron chi connectivity index (χ4n) is 1.70. The predicted molar refractivity (Wildman–Crippen MR) is 89.4 cm³/mol. The minimum atomic E-state index is 0.562. The molecule has 106 valence electrons. The normalized spacial score (nSPS) is 10.8. The van der Waals surface area contributed by atoms with Gasteiger partial charge in [-0.05, 0) is 42.4 Å². The van der Waals surface area contributed by atoms with Crippen LogP contribution in [0.5, 0.6) is 0 Å². The molecule has 20 heavy (non-hydrogen) atoms. The maximum atomic E-state index is 6.09. The van der Waals surface area contributed by atoms with Crippen molar-refractivity contribution in [3.05, 3.63) is 57.0 Å². The molecule has 0 saturated heterocycles. The van der Waals surface area contributed by atoms with Crippen molar-refractivity contribution in [2.24, 2.45) is 0 Å². The third-order valence-electron chi connectivity index (χ3n) is 2.71. The van der Waals surface area contributed by atoms with Gasteiger partial charge in [-0.15, -0.1) is 0 Å². The molecule has 0 saturated carbocycles. The Kier molecular flexibility index (Phi) is 6.06.